The molecular formula is C14H16N2O4. The lowest BCUT2D eigenvalue weighted by molar-refractivity contribution is -0.137. The van der Waals surface area contributed by atoms with Crippen LogP contribution in [0.1, 0.15) is 22.3 Å². The highest BCUT2D eigenvalue weighted by molar-refractivity contribution is 6.05. The first-order valence-corrected chi connectivity index (χ1v) is 6.24. The minimum atomic E-state index is -0.529. The number of benzene rings is 1. The van der Waals surface area contributed by atoms with Crippen molar-refractivity contribution < 1.29 is 19.1 Å². The summed E-state index contributed by atoms with van der Waals surface area (Å²) < 4.78 is 4.71. The van der Waals surface area contributed by atoms with Gasteiger partial charge in [0.25, 0.3) is 0 Å². The Kier molecular flexibility index (Phi) is 4.14. The van der Waals surface area contributed by atoms with Gasteiger partial charge in [-0.1, -0.05) is 18.2 Å². The van der Waals surface area contributed by atoms with Crippen molar-refractivity contribution in [1.82, 2.24) is 10.2 Å². The summed E-state index contributed by atoms with van der Waals surface area (Å²) in [7, 11) is 2.79. The van der Waals surface area contributed by atoms with Crippen molar-refractivity contribution in [2.75, 3.05) is 14.2 Å². The maximum atomic E-state index is 11.8. The van der Waals surface area contributed by atoms with Crippen LogP contribution in [0.15, 0.2) is 24.3 Å². The molecule has 1 heterocycles. The number of rotatable bonds is 4. The molecule has 1 atom stereocenters. The quantitative estimate of drug-likeness (QED) is 0.633. The highest BCUT2D eigenvalue weighted by atomic mass is 16.5. The van der Waals surface area contributed by atoms with Gasteiger partial charge in [0.2, 0.25) is 11.8 Å². The fourth-order valence-corrected chi connectivity index (χ4v) is 2.13. The number of carbonyl (C=O) groups is 3. The van der Waals surface area contributed by atoms with Crippen molar-refractivity contribution in [2.45, 2.75) is 19.0 Å². The molecule has 1 saturated heterocycles. The Morgan fingerprint density at radius 2 is 2.10 bits per heavy atom. The molecule has 1 N–H and O–H groups in total. The number of ether oxygens (including phenoxy) is 1. The van der Waals surface area contributed by atoms with Crippen LogP contribution < -0.4 is 5.32 Å². The third kappa shape index (κ3) is 2.70. The highest BCUT2D eigenvalue weighted by Crippen LogP contribution is 2.14. The molecule has 2 rings (SSSR count). The lowest BCUT2D eigenvalue weighted by Crippen LogP contribution is -2.37. The number of nitrogens with one attached hydrogen (secondary N) is 1. The topological polar surface area (TPSA) is 75.7 Å². The van der Waals surface area contributed by atoms with Crippen molar-refractivity contribution >= 4 is 17.8 Å². The number of likely N-dealkylation sites (N-methyl/N-ethyl adjacent to an activating group) is 1. The zero-order chi connectivity index (χ0) is 14.7. The van der Waals surface area contributed by atoms with Gasteiger partial charge >= 0.3 is 5.97 Å². The van der Waals surface area contributed by atoms with Crippen molar-refractivity contribution in [1.29, 1.82) is 0 Å². The predicted molar refractivity (Wildman–Crippen MR) is 70.8 cm³/mol. The number of esters is 1. The molecule has 0 spiro atoms. The molecule has 1 aliphatic rings. The average molecular weight is 276 g/mol. The van der Waals surface area contributed by atoms with Crippen LogP contribution in [0.5, 0.6) is 0 Å². The Hall–Kier alpha value is -2.21. The third-order valence-electron chi connectivity index (χ3n) is 3.34. The number of likely N-dealkylation sites (tertiary alicyclic amines) is 1. The van der Waals surface area contributed by atoms with E-state index in [4.69, 9.17) is 4.74 Å². The largest absolute Gasteiger partial charge is 0.465 e. The van der Waals surface area contributed by atoms with E-state index in [-0.39, 0.29) is 18.2 Å². The Labute approximate surface area is 116 Å². The van der Waals surface area contributed by atoms with E-state index in [9.17, 15) is 14.4 Å². The van der Waals surface area contributed by atoms with Gasteiger partial charge in [0.15, 0.2) is 0 Å². The minimum absolute atomic E-state index is 0.149. The molecule has 6 nitrogen and oxygen atoms in total. The van der Waals surface area contributed by atoms with Gasteiger partial charge in [0, 0.05) is 13.6 Å². The normalized spacial score (nSPS) is 18.5. The second kappa shape index (κ2) is 5.83. The fourth-order valence-electron chi connectivity index (χ4n) is 2.13. The van der Waals surface area contributed by atoms with Gasteiger partial charge in [-0.25, -0.2) is 4.79 Å². The van der Waals surface area contributed by atoms with Crippen LogP contribution in [-0.4, -0.2) is 42.9 Å². The van der Waals surface area contributed by atoms with Crippen LogP contribution in [0.25, 0.3) is 0 Å². The molecule has 1 aromatic rings. The van der Waals surface area contributed by atoms with Crippen molar-refractivity contribution in [3.63, 3.8) is 0 Å². The molecule has 106 valence electrons. The van der Waals surface area contributed by atoms with Crippen molar-refractivity contribution in [3.8, 4) is 0 Å². The standard InChI is InChI=1S/C14H16N2O4/c1-16-12(17)7-11(13(16)18)15-8-9-5-3-4-6-10(9)14(19)20-2/h3-6,11,15H,7-8H2,1-2H3. The van der Waals surface area contributed by atoms with Gasteiger partial charge in [0.05, 0.1) is 25.1 Å². The molecule has 0 aliphatic carbocycles. The third-order valence-corrected chi connectivity index (χ3v) is 3.34. The summed E-state index contributed by atoms with van der Waals surface area (Å²) in [5.41, 5.74) is 1.18. The molecule has 0 bridgehead atoms. The number of amides is 2. The van der Waals surface area contributed by atoms with Crippen LogP contribution >= 0.6 is 0 Å². The zero-order valence-corrected chi connectivity index (χ0v) is 11.4. The second-order valence-electron chi connectivity index (χ2n) is 4.58. The van der Waals surface area contributed by atoms with Gasteiger partial charge in [-0.05, 0) is 11.6 Å². The maximum absolute atomic E-state index is 11.8. The molecule has 0 aromatic heterocycles. The summed E-state index contributed by atoms with van der Waals surface area (Å²) in [6.07, 6.45) is 0.149. The number of carbonyl (C=O) groups excluding carboxylic acids is 3. The van der Waals surface area contributed by atoms with Gasteiger partial charge in [-0.2, -0.15) is 0 Å². The molecule has 1 fully saturated rings. The van der Waals surface area contributed by atoms with Crippen LogP contribution in [0.4, 0.5) is 0 Å². The first-order valence-electron chi connectivity index (χ1n) is 6.24. The first kappa shape index (κ1) is 14.2. The number of hydrogen-bond donors (Lipinski definition) is 1. The number of imide groups is 1. The molecule has 1 aromatic carbocycles. The molecule has 0 saturated carbocycles. The van der Waals surface area contributed by atoms with E-state index >= 15 is 0 Å². The Balaban J connectivity index is 2.07. The second-order valence-corrected chi connectivity index (χ2v) is 4.58. The molecular weight excluding hydrogens is 260 g/mol. The summed E-state index contributed by atoms with van der Waals surface area (Å²) in [5, 5.41) is 3.01. The van der Waals surface area contributed by atoms with E-state index in [0.29, 0.717) is 12.1 Å². The monoisotopic (exact) mass is 276 g/mol. The van der Waals surface area contributed by atoms with E-state index in [2.05, 4.69) is 5.32 Å². The summed E-state index contributed by atoms with van der Waals surface area (Å²) in [4.78, 5) is 35.9. The van der Waals surface area contributed by atoms with Crippen molar-refractivity contribution in [2.24, 2.45) is 0 Å². The molecule has 6 heteroatoms. The molecule has 0 radical (unpaired) electrons. The fraction of sp³-hybridized carbons (Fsp3) is 0.357. The lowest BCUT2D eigenvalue weighted by atomic mass is 10.1. The summed E-state index contributed by atoms with van der Waals surface area (Å²) in [5.74, 6) is -0.868. The number of nitrogens with zero attached hydrogens (tertiary/aromatic N) is 1. The van der Waals surface area contributed by atoms with E-state index in [0.717, 1.165) is 10.5 Å². The first-order chi connectivity index (χ1) is 9.54. The Morgan fingerprint density at radius 1 is 1.40 bits per heavy atom. The van der Waals surface area contributed by atoms with E-state index in [1.165, 1.54) is 14.2 Å². The Bertz CT molecular complexity index is 556. The van der Waals surface area contributed by atoms with E-state index in [1.54, 1.807) is 24.3 Å². The zero-order valence-electron chi connectivity index (χ0n) is 11.4. The predicted octanol–water partition coefficient (Wildman–Crippen LogP) is 0.320. The van der Waals surface area contributed by atoms with Gasteiger partial charge < -0.3 is 10.1 Å². The lowest BCUT2D eigenvalue weighted by Gasteiger charge is -2.13. The Morgan fingerprint density at radius 3 is 2.70 bits per heavy atom. The number of hydrogen-bond acceptors (Lipinski definition) is 5. The molecule has 1 unspecified atom stereocenters. The maximum Gasteiger partial charge on any atom is 0.338 e. The van der Waals surface area contributed by atoms with Crippen LogP contribution in [0.3, 0.4) is 0 Å². The van der Waals surface area contributed by atoms with Gasteiger partial charge in [0.1, 0.15) is 0 Å². The summed E-state index contributed by atoms with van der Waals surface area (Å²) >= 11 is 0. The highest BCUT2D eigenvalue weighted by Gasteiger charge is 2.35. The van der Waals surface area contributed by atoms with Crippen LogP contribution in [0.2, 0.25) is 0 Å². The van der Waals surface area contributed by atoms with Crippen LogP contribution in [0, 0.1) is 0 Å². The number of methoxy groups -OCH3 is 1. The van der Waals surface area contributed by atoms with Gasteiger partial charge in [-0.3, -0.25) is 14.5 Å². The summed E-state index contributed by atoms with van der Waals surface area (Å²) in [6.45, 7) is 0.322. The molecule has 20 heavy (non-hydrogen) atoms. The van der Waals surface area contributed by atoms with Crippen LogP contribution in [-0.2, 0) is 20.9 Å². The average Bonchev–Trinajstić information content (AvgIpc) is 2.72. The van der Waals surface area contributed by atoms with Gasteiger partial charge in [-0.15, -0.1) is 0 Å². The minimum Gasteiger partial charge on any atom is -0.465 e. The smallest absolute Gasteiger partial charge is 0.338 e. The van der Waals surface area contributed by atoms with Crippen molar-refractivity contribution in [3.05, 3.63) is 35.4 Å². The molecule has 2 amide bonds. The summed E-state index contributed by atoms with van der Waals surface area (Å²) in [6, 6.07) is 6.46. The molecule has 1 aliphatic heterocycles. The van der Waals surface area contributed by atoms with E-state index < -0.39 is 12.0 Å². The SMILES string of the molecule is COC(=O)c1ccccc1CNC1CC(=O)N(C)C1=O. The van der Waals surface area contributed by atoms with E-state index in [1.807, 2.05) is 0 Å².